The second-order valence-corrected chi connectivity index (χ2v) is 5.61. The zero-order chi connectivity index (χ0) is 13.9. The first-order chi connectivity index (χ1) is 9.85. The molecule has 0 aromatic carbocycles. The van der Waals surface area contributed by atoms with Gasteiger partial charge in [-0.15, -0.1) is 0 Å². The minimum Gasteiger partial charge on any atom is -0.311 e. The van der Waals surface area contributed by atoms with E-state index in [1.54, 1.807) is 0 Å². The molecule has 0 aliphatic carbocycles. The fourth-order valence-electron chi connectivity index (χ4n) is 3.34. The van der Waals surface area contributed by atoms with Crippen molar-refractivity contribution in [3.05, 3.63) is 24.2 Å². The lowest BCUT2D eigenvalue weighted by Crippen LogP contribution is -2.34. The maximum Gasteiger partial charge on any atom is 0.160 e. The second-order valence-electron chi connectivity index (χ2n) is 5.61. The van der Waals surface area contributed by atoms with E-state index in [2.05, 4.69) is 34.4 Å². The van der Waals surface area contributed by atoms with Gasteiger partial charge in [-0.05, 0) is 44.5 Å². The molecule has 0 saturated carbocycles. The zero-order valence-corrected chi connectivity index (χ0v) is 12.5. The standard InChI is InChI=1S/C16H24N4/c1-3-11-20-15-13(8-7-10-17-15)18-16(20)14-9-5-6-12-19(14)4-2/h7-8,10,14H,3-6,9,11-12H2,1-2H3. The van der Waals surface area contributed by atoms with Crippen LogP contribution in [0.3, 0.4) is 0 Å². The third kappa shape index (κ3) is 2.33. The first-order valence-electron chi connectivity index (χ1n) is 7.90. The number of imidazole rings is 1. The molecule has 2 aromatic rings. The smallest absolute Gasteiger partial charge is 0.160 e. The van der Waals surface area contributed by atoms with E-state index in [1.165, 1.54) is 31.6 Å². The van der Waals surface area contributed by atoms with E-state index in [0.717, 1.165) is 30.7 Å². The molecule has 1 aliphatic heterocycles. The third-order valence-electron chi connectivity index (χ3n) is 4.30. The molecule has 2 aromatic heterocycles. The minimum atomic E-state index is 0.467. The number of piperidine rings is 1. The molecule has 3 rings (SSSR count). The first-order valence-corrected chi connectivity index (χ1v) is 7.90. The Hall–Kier alpha value is -1.42. The van der Waals surface area contributed by atoms with Gasteiger partial charge in [0.1, 0.15) is 11.3 Å². The first kappa shape index (κ1) is 13.6. The Bertz CT molecular complexity index is 575. The van der Waals surface area contributed by atoms with Crippen molar-refractivity contribution in [2.24, 2.45) is 0 Å². The number of aromatic nitrogens is 3. The fourth-order valence-corrected chi connectivity index (χ4v) is 3.34. The normalized spacial score (nSPS) is 20.6. The van der Waals surface area contributed by atoms with Crippen LogP contribution in [-0.4, -0.2) is 32.5 Å². The molecule has 0 spiro atoms. The number of rotatable bonds is 4. The van der Waals surface area contributed by atoms with Crippen LogP contribution in [0.5, 0.6) is 0 Å². The molecule has 1 fully saturated rings. The lowest BCUT2D eigenvalue weighted by Gasteiger charge is -2.34. The third-order valence-corrected chi connectivity index (χ3v) is 4.30. The number of hydrogen-bond acceptors (Lipinski definition) is 3. The van der Waals surface area contributed by atoms with Crippen molar-refractivity contribution in [2.45, 2.75) is 52.1 Å². The van der Waals surface area contributed by atoms with Crippen LogP contribution in [0.2, 0.25) is 0 Å². The predicted molar refractivity (Wildman–Crippen MR) is 81.7 cm³/mol. The molecule has 1 aliphatic rings. The van der Waals surface area contributed by atoms with Gasteiger partial charge >= 0.3 is 0 Å². The molecule has 3 heterocycles. The maximum absolute atomic E-state index is 4.91. The Morgan fingerprint density at radius 2 is 2.20 bits per heavy atom. The van der Waals surface area contributed by atoms with Crippen molar-refractivity contribution < 1.29 is 0 Å². The molecule has 4 heteroatoms. The highest BCUT2D eigenvalue weighted by molar-refractivity contribution is 5.71. The van der Waals surface area contributed by atoms with Crippen molar-refractivity contribution in [3.63, 3.8) is 0 Å². The molecule has 1 unspecified atom stereocenters. The number of likely N-dealkylation sites (tertiary alicyclic amines) is 1. The van der Waals surface area contributed by atoms with Crippen molar-refractivity contribution in [2.75, 3.05) is 13.1 Å². The van der Waals surface area contributed by atoms with Gasteiger partial charge in [0.2, 0.25) is 0 Å². The van der Waals surface area contributed by atoms with Gasteiger partial charge < -0.3 is 4.57 Å². The van der Waals surface area contributed by atoms with E-state index >= 15 is 0 Å². The molecular weight excluding hydrogens is 248 g/mol. The van der Waals surface area contributed by atoms with Crippen LogP contribution in [0.15, 0.2) is 18.3 Å². The predicted octanol–water partition coefficient (Wildman–Crippen LogP) is 3.39. The van der Waals surface area contributed by atoms with Gasteiger partial charge in [-0.1, -0.05) is 20.3 Å². The number of aryl methyl sites for hydroxylation is 1. The van der Waals surface area contributed by atoms with E-state index < -0.39 is 0 Å². The molecule has 108 valence electrons. The lowest BCUT2D eigenvalue weighted by molar-refractivity contribution is 0.147. The van der Waals surface area contributed by atoms with Gasteiger partial charge in [0.25, 0.3) is 0 Å². The molecule has 0 radical (unpaired) electrons. The van der Waals surface area contributed by atoms with Crippen LogP contribution >= 0.6 is 0 Å². The number of pyridine rings is 1. The van der Waals surface area contributed by atoms with Gasteiger partial charge in [0.05, 0.1) is 6.04 Å². The molecule has 0 amide bonds. The molecule has 1 atom stereocenters. The fraction of sp³-hybridized carbons (Fsp3) is 0.625. The highest BCUT2D eigenvalue weighted by Gasteiger charge is 2.27. The summed E-state index contributed by atoms with van der Waals surface area (Å²) in [6.45, 7) is 7.79. The van der Waals surface area contributed by atoms with E-state index in [4.69, 9.17) is 4.98 Å². The van der Waals surface area contributed by atoms with Gasteiger partial charge in [-0.25, -0.2) is 9.97 Å². The van der Waals surface area contributed by atoms with Gasteiger partial charge in [-0.3, -0.25) is 4.90 Å². The topological polar surface area (TPSA) is 34.0 Å². The summed E-state index contributed by atoms with van der Waals surface area (Å²) in [6, 6.07) is 4.53. The number of nitrogens with zero attached hydrogens (tertiary/aromatic N) is 4. The molecular formula is C16H24N4. The van der Waals surface area contributed by atoms with Crippen molar-refractivity contribution in [1.29, 1.82) is 0 Å². The molecule has 1 saturated heterocycles. The lowest BCUT2D eigenvalue weighted by atomic mass is 10.0. The average molecular weight is 272 g/mol. The van der Waals surface area contributed by atoms with Gasteiger partial charge in [-0.2, -0.15) is 0 Å². The van der Waals surface area contributed by atoms with E-state index in [1.807, 2.05) is 12.3 Å². The largest absolute Gasteiger partial charge is 0.311 e. The summed E-state index contributed by atoms with van der Waals surface area (Å²) in [5, 5.41) is 0. The Balaban J connectivity index is 2.06. The molecule has 0 bridgehead atoms. The number of fused-ring (bicyclic) bond motifs is 1. The van der Waals surface area contributed by atoms with E-state index in [0.29, 0.717) is 6.04 Å². The monoisotopic (exact) mass is 272 g/mol. The van der Waals surface area contributed by atoms with Crippen LogP contribution < -0.4 is 0 Å². The van der Waals surface area contributed by atoms with Gasteiger partial charge in [0.15, 0.2) is 5.65 Å². The minimum absolute atomic E-state index is 0.467. The van der Waals surface area contributed by atoms with Crippen LogP contribution in [0.4, 0.5) is 0 Å². The summed E-state index contributed by atoms with van der Waals surface area (Å²) in [5.74, 6) is 1.22. The molecule has 4 nitrogen and oxygen atoms in total. The van der Waals surface area contributed by atoms with Crippen LogP contribution in [0.1, 0.15) is 51.4 Å². The van der Waals surface area contributed by atoms with Gasteiger partial charge in [0, 0.05) is 12.7 Å². The Morgan fingerprint density at radius 3 is 3.00 bits per heavy atom. The van der Waals surface area contributed by atoms with E-state index in [-0.39, 0.29) is 0 Å². The SMILES string of the molecule is CCCn1c(C2CCCCN2CC)nc2cccnc21. The summed E-state index contributed by atoms with van der Waals surface area (Å²) < 4.78 is 2.34. The zero-order valence-electron chi connectivity index (χ0n) is 12.5. The summed E-state index contributed by atoms with van der Waals surface area (Å²) in [6.07, 6.45) is 6.84. The quantitative estimate of drug-likeness (QED) is 0.855. The van der Waals surface area contributed by atoms with Crippen LogP contribution in [-0.2, 0) is 6.54 Å². The highest BCUT2D eigenvalue weighted by atomic mass is 15.2. The Morgan fingerprint density at radius 1 is 1.30 bits per heavy atom. The average Bonchev–Trinajstić information content (AvgIpc) is 2.86. The van der Waals surface area contributed by atoms with Crippen LogP contribution in [0, 0.1) is 0 Å². The van der Waals surface area contributed by atoms with E-state index in [9.17, 15) is 0 Å². The second kappa shape index (κ2) is 5.92. The number of hydrogen-bond donors (Lipinski definition) is 0. The van der Waals surface area contributed by atoms with Crippen LogP contribution in [0.25, 0.3) is 11.2 Å². The summed E-state index contributed by atoms with van der Waals surface area (Å²) in [7, 11) is 0. The Labute approximate surface area is 120 Å². The summed E-state index contributed by atoms with van der Waals surface area (Å²) in [5.41, 5.74) is 2.09. The molecule has 20 heavy (non-hydrogen) atoms. The molecule has 0 N–H and O–H groups in total. The van der Waals surface area contributed by atoms with Crippen molar-refractivity contribution >= 4 is 11.2 Å². The highest BCUT2D eigenvalue weighted by Crippen LogP contribution is 2.31. The maximum atomic E-state index is 4.91. The Kier molecular flexibility index (Phi) is 4.01. The van der Waals surface area contributed by atoms with Crippen molar-refractivity contribution in [3.8, 4) is 0 Å². The summed E-state index contributed by atoms with van der Waals surface area (Å²) in [4.78, 5) is 12.0. The summed E-state index contributed by atoms with van der Waals surface area (Å²) >= 11 is 0. The van der Waals surface area contributed by atoms with Crippen molar-refractivity contribution in [1.82, 2.24) is 19.4 Å².